The number of esters is 1. The van der Waals surface area contributed by atoms with Crippen LogP contribution in [0.5, 0.6) is 0 Å². The minimum absolute atomic E-state index is 0.0384. The predicted octanol–water partition coefficient (Wildman–Crippen LogP) is 1.37. The van der Waals surface area contributed by atoms with Gasteiger partial charge in [-0.15, -0.1) is 0 Å². The van der Waals surface area contributed by atoms with Crippen molar-refractivity contribution in [3.05, 3.63) is 0 Å². The van der Waals surface area contributed by atoms with Gasteiger partial charge >= 0.3 is 5.97 Å². The average molecular weight is 240 g/mol. The van der Waals surface area contributed by atoms with Gasteiger partial charge in [0.05, 0.1) is 13.0 Å². The van der Waals surface area contributed by atoms with Crippen LogP contribution < -0.4 is 0 Å². The van der Waals surface area contributed by atoms with Crippen LogP contribution in [0.25, 0.3) is 0 Å². The van der Waals surface area contributed by atoms with Gasteiger partial charge in [0.1, 0.15) is 0 Å². The van der Waals surface area contributed by atoms with E-state index in [4.69, 9.17) is 4.74 Å². The van der Waals surface area contributed by atoms with Gasteiger partial charge in [-0.05, 0) is 0 Å². The number of hydrogen-bond acceptors (Lipinski definition) is 2. The van der Waals surface area contributed by atoms with E-state index < -0.39 is 0 Å². The van der Waals surface area contributed by atoms with Gasteiger partial charge in [0.25, 0.3) is 0 Å². The largest absolute Gasteiger partial charge is 0.465 e. The molecule has 52 valence electrons. The lowest BCUT2D eigenvalue weighted by molar-refractivity contribution is -0.137. The molecule has 0 N–H and O–H groups in total. The number of ether oxygens (including phenoxy) is 1. The average Bonchev–Trinajstić information content (AvgIpc) is 2.14. The van der Waals surface area contributed by atoms with Gasteiger partial charge in [0, 0.05) is 9.84 Å². The first-order chi connectivity index (χ1) is 4.20. The number of cyclic esters (lactones) is 1. The van der Waals surface area contributed by atoms with Crippen molar-refractivity contribution in [1.82, 2.24) is 0 Å². The fraction of sp³-hybridized carbons (Fsp3) is 0.833. The molecule has 1 rings (SSSR count). The van der Waals surface area contributed by atoms with Crippen LogP contribution in [0.15, 0.2) is 0 Å². The highest BCUT2D eigenvalue weighted by Gasteiger charge is 2.26. The van der Waals surface area contributed by atoms with E-state index >= 15 is 0 Å². The number of rotatable bonds is 1. The Balaban J connectivity index is 2.39. The van der Waals surface area contributed by atoms with E-state index in [1.54, 1.807) is 0 Å². The standard InChI is InChI=1S/C6H9IO2/c1-4(7)5-2-6(8)9-3-5/h4-5H,2-3H2,1H3. The molecule has 0 amide bonds. The number of carbonyl (C=O) groups is 1. The number of carbonyl (C=O) groups excluding carboxylic acids is 1. The third-order valence-corrected chi connectivity index (χ3v) is 2.55. The third kappa shape index (κ3) is 1.81. The summed E-state index contributed by atoms with van der Waals surface area (Å²) >= 11 is 2.32. The molecule has 0 saturated carbocycles. The third-order valence-electron chi connectivity index (χ3n) is 1.54. The molecule has 0 spiro atoms. The second kappa shape index (κ2) is 2.86. The van der Waals surface area contributed by atoms with Crippen molar-refractivity contribution in [3.63, 3.8) is 0 Å². The van der Waals surface area contributed by atoms with Crippen LogP contribution in [0.4, 0.5) is 0 Å². The minimum Gasteiger partial charge on any atom is -0.465 e. The number of alkyl halides is 1. The highest BCUT2D eigenvalue weighted by molar-refractivity contribution is 14.1. The second-order valence-electron chi connectivity index (χ2n) is 2.32. The summed E-state index contributed by atoms with van der Waals surface area (Å²) in [6, 6.07) is 0. The van der Waals surface area contributed by atoms with Crippen molar-refractivity contribution >= 4 is 28.6 Å². The molecule has 1 heterocycles. The van der Waals surface area contributed by atoms with Crippen LogP contribution in [-0.4, -0.2) is 16.5 Å². The molecule has 2 nitrogen and oxygen atoms in total. The minimum atomic E-state index is -0.0384. The maximum atomic E-state index is 10.5. The quantitative estimate of drug-likeness (QED) is 0.393. The molecule has 0 aliphatic carbocycles. The summed E-state index contributed by atoms with van der Waals surface area (Å²) in [5.41, 5.74) is 0. The van der Waals surface area contributed by atoms with Crippen LogP contribution in [0.1, 0.15) is 13.3 Å². The predicted molar refractivity (Wildman–Crippen MR) is 42.5 cm³/mol. The topological polar surface area (TPSA) is 26.3 Å². The molecule has 0 aromatic heterocycles. The lowest BCUT2D eigenvalue weighted by atomic mass is 10.1. The van der Waals surface area contributed by atoms with Crippen molar-refractivity contribution in [1.29, 1.82) is 0 Å². The van der Waals surface area contributed by atoms with E-state index in [0.717, 1.165) is 0 Å². The fourth-order valence-corrected chi connectivity index (χ4v) is 1.29. The van der Waals surface area contributed by atoms with Crippen molar-refractivity contribution in [2.24, 2.45) is 5.92 Å². The molecule has 2 unspecified atom stereocenters. The summed E-state index contributed by atoms with van der Waals surface area (Å²) in [4.78, 5) is 10.5. The molecular weight excluding hydrogens is 231 g/mol. The Kier molecular flexibility index (Phi) is 2.32. The van der Waals surface area contributed by atoms with Crippen LogP contribution in [0, 0.1) is 5.92 Å². The Morgan fingerprint density at radius 3 is 2.78 bits per heavy atom. The van der Waals surface area contributed by atoms with Crippen LogP contribution >= 0.6 is 22.6 Å². The highest BCUT2D eigenvalue weighted by Crippen LogP contribution is 2.22. The van der Waals surface area contributed by atoms with Gasteiger partial charge in [-0.2, -0.15) is 0 Å². The summed E-state index contributed by atoms with van der Waals surface area (Å²) in [7, 11) is 0. The molecule has 1 aliphatic rings. The van der Waals surface area contributed by atoms with Gasteiger partial charge < -0.3 is 4.74 Å². The van der Waals surface area contributed by atoms with Gasteiger partial charge in [-0.3, -0.25) is 4.79 Å². The normalized spacial score (nSPS) is 30.0. The van der Waals surface area contributed by atoms with E-state index in [2.05, 4.69) is 29.5 Å². The maximum absolute atomic E-state index is 10.5. The molecule has 0 aromatic carbocycles. The summed E-state index contributed by atoms with van der Waals surface area (Å²) in [6.07, 6.45) is 0.615. The zero-order valence-electron chi connectivity index (χ0n) is 5.26. The maximum Gasteiger partial charge on any atom is 0.306 e. The Hall–Kier alpha value is 0.200. The summed E-state index contributed by atoms with van der Waals surface area (Å²) in [5, 5.41) is 0. The SMILES string of the molecule is CC(I)C1COC(=O)C1. The number of hydrogen-bond donors (Lipinski definition) is 0. The second-order valence-corrected chi connectivity index (χ2v) is 4.29. The lowest BCUT2D eigenvalue weighted by Crippen LogP contribution is -2.09. The fourth-order valence-electron chi connectivity index (χ4n) is 0.827. The van der Waals surface area contributed by atoms with E-state index in [9.17, 15) is 4.79 Å². The van der Waals surface area contributed by atoms with Crippen LogP contribution in [0.3, 0.4) is 0 Å². The van der Waals surface area contributed by atoms with Gasteiger partial charge in [-0.1, -0.05) is 29.5 Å². The lowest BCUT2D eigenvalue weighted by Gasteiger charge is -2.06. The molecule has 9 heavy (non-hydrogen) atoms. The first kappa shape index (κ1) is 7.31. The van der Waals surface area contributed by atoms with E-state index in [-0.39, 0.29) is 5.97 Å². The zero-order valence-corrected chi connectivity index (χ0v) is 7.42. The molecule has 1 saturated heterocycles. The molecule has 1 aliphatic heterocycles. The summed E-state index contributed by atoms with van der Waals surface area (Å²) in [6.45, 7) is 2.73. The summed E-state index contributed by atoms with van der Waals surface area (Å²) < 4.78 is 5.33. The van der Waals surface area contributed by atoms with Gasteiger partial charge in [-0.25, -0.2) is 0 Å². The molecule has 0 radical (unpaired) electrons. The van der Waals surface area contributed by atoms with Crippen molar-refractivity contribution in [2.45, 2.75) is 17.3 Å². The monoisotopic (exact) mass is 240 g/mol. The molecule has 0 bridgehead atoms. The van der Waals surface area contributed by atoms with Crippen LogP contribution in [-0.2, 0) is 9.53 Å². The number of halogens is 1. The van der Waals surface area contributed by atoms with E-state index in [1.165, 1.54) is 0 Å². The Labute approximate surface area is 68.1 Å². The van der Waals surface area contributed by atoms with Gasteiger partial charge in [0.2, 0.25) is 0 Å². The Bertz CT molecular complexity index is 122. The van der Waals surface area contributed by atoms with Crippen molar-refractivity contribution < 1.29 is 9.53 Å². The molecule has 1 fully saturated rings. The molecular formula is C6H9IO2. The van der Waals surface area contributed by atoms with E-state index in [0.29, 0.717) is 22.9 Å². The van der Waals surface area contributed by atoms with Crippen molar-refractivity contribution in [3.8, 4) is 0 Å². The molecule has 2 atom stereocenters. The van der Waals surface area contributed by atoms with Crippen LogP contribution in [0.2, 0.25) is 0 Å². The molecule has 0 aromatic rings. The zero-order chi connectivity index (χ0) is 6.85. The summed E-state index contributed by atoms with van der Waals surface area (Å²) in [5.74, 6) is 0.418. The molecule has 3 heteroatoms. The first-order valence-corrected chi connectivity index (χ1v) is 4.24. The first-order valence-electron chi connectivity index (χ1n) is 3.00. The Morgan fingerprint density at radius 1 is 1.89 bits per heavy atom. The van der Waals surface area contributed by atoms with Gasteiger partial charge in [0.15, 0.2) is 0 Å². The highest BCUT2D eigenvalue weighted by atomic mass is 127. The van der Waals surface area contributed by atoms with Crippen molar-refractivity contribution in [2.75, 3.05) is 6.61 Å². The van der Waals surface area contributed by atoms with E-state index in [1.807, 2.05) is 0 Å². The smallest absolute Gasteiger partial charge is 0.306 e. The Morgan fingerprint density at radius 2 is 2.56 bits per heavy atom.